The smallest absolute Gasteiger partial charge is 0.0554 e. The molecule has 0 aliphatic heterocycles. The van der Waals surface area contributed by atoms with Crippen molar-refractivity contribution in [2.24, 2.45) is 0 Å². The predicted octanol–water partition coefficient (Wildman–Crippen LogP) is 15.3. The van der Waals surface area contributed by atoms with Crippen LogP contribution in [0.15, 0.2) is 212 Å². The molecule has 9 aromatic carbocycles. The molecule has 0 spiro atoms. The molecule has 254 valence electrons. The van der Waals surface area contributed by atoms with Gasteiger partial charge < -0.3 is 4.90 Å². The molecule has 0 saturated heterocycles. The molecule has 0 N–H and O–H groups in total. The lowest BCUT2D eigenvalue weighted by Crippen LogP contribution is -2.10. The highest BCUT2D eigenvalue weighted by molar-refractivity contribution is 7.26. The van der Waals surface area contributed by atoms with Gasteiger partial charge in [-0.05, 0) is 110 Å². The number of hydrogen-bond acceptors (Lipinski definition) is 2. The van der Waals surface area contributed by atoms with Crippen molar-refractivity contribution in [3.63, 3.8) is 0 Å². The van der Waals surface area contributed by atoms with Crippen molar-refractivity contribution in [1.82, 2.24) is 0 Å². The molecule has 0 bridgehead atoms. The van der Waals surface area contributed by atoms with Gasteiger partial charge in [-0.3, -0.25) is 0 Å². The van der Waals surface area contributed by atoms with Crippen LogP contribution in [0.2, 0.25) is 0 Å². The molecule has 0 aliphatic carbocycles. The molecule has 1 heterocycles. The molecule has 10 rings (SSSR count). The number of thiophene rings is 1. The van der Waals surface area contributed by atoms with E-state index < -0.39 is 0 Å². The van der Waals surface area contributed by atoms with Gasteiger partial charge in [0.1, 0.15) is 0 Å². The molecule has 2 heteroatoms. The minimum Gasteiger partial charge on any atom is -0.310 e. The van der Waals surface area contributed by atoms with Crippen LogP contribution in [0.5, 0.6) is 0 Å². The normalized spacial score (nSPS) is 11.3. The van der Waals surface area contributed by atoms with Crippen LogP contribution in [0.4, 0.5) is 17.1 Å². The van der Waals surface area contributed by atoms with E-state index in [0.717, 1.165) is 11.4 Å². The van der Waals surface area contributed by atoms with Gasteiger partial charge in [0.05, 0.1) is 5.69 Å². The Balaban J connectivity index is 1.10. The molecule has 1 aromatic heterocycles. The molecule has 0 saturated carbocycles. The maximum absolute atomic E-state index is 2.42. The van der Waals surface area contributed by atoms with E-state index in [-0.39, 0.29) is 0 Å². The van der Waals surface area contributed by atoms with Crippen LogP contribution in [0.25, 0.3) is 75.5 Å². The minimum atomic E-state index is 1.11. The van der Waals surface area contributed by atoms with E-state index in [2.05, 4.69) is 217 Å². The van der Waals surface area contributed by atoms with Gasteiger partial charge in [0, 0.05) is 31.5 Å². The van der Waals surface area contributed by atoms with E-state index in [9.17, 15) is 0 Å². The van der Waals surface area contributed by atoms with Crippen LogP contribution in [0.1, 0.15) is 0 Å². The molecule has 0 aliphatic rings. The van der Waals surface area contributed by atoms with E-state index in [4.69, 9.17) is 0 Å². The van der Waals surface area contributed by atoms with Gasteiger partial charge in [-0.25, -0.2) is 0 Å². The Labute approximate surface area is 319 Å². The van der Waals surface area contributed by atoms with Crippen molar-refractivity contribution in [1.29, 1.82) is 0 Å². The monoisotopic (exact) mass is 705 g/mol. The third-order valence-electron chi connectivity index (χ3n) is 10.5. The first-order valence-corrected chi connectivity index (χ1v) is 19.2. The Kier molecular flexibility index (Phi) is 8.09. The SMILES string of the molecule is c1ccc(-c2ccccc2-c2ccc(N(c3ccc(-c4cc(-c5ccccc5)c5ccccc5c4)cc3)c3cccc4sc5ccccc5c34)cc2)cc1. The van der Waals surface area contributed by atoms with Gasteiger partial charge in [-0.1, -0.05) is 158 Å². The van der Waals surface area contributed by atoms with Crippen LogP contribution in [-0.4, -0.2) is 0 Å². The number of rotatable bonds is 7. The summed E-state index contributed by atoms with van der Waals surface area (Å²) in [4.78, 5) is 2.42. The summed E-state index contributed by atoms with van der Waals surface area (Å²) in [6.45, 7) is 0. The van der Waals surface area contributed by atoms with Crippen molar-refractivity contribution in [3.05, 3.63) is 212 Å². The number of fused-ring (bicyclic) bond motifs is 4. The summed E-state index contributed by atoms with van der Waals surface area (Å²) in [5.41, 5.74) is 13.1. The average molecular weight is 706 g/mol. The second-order valence-electron chi connectivity index (χ2n) is 13.7. The Morgan fingerprint density at radius 1 is 0.315 bits per heavy atom. The van der Waals surface area contributed by atoms with E-state index >= 15 is 0 Å². The standard InChI is InChI=1S/C52H35NS/c1-3-14-37(15-4-1)44-19-9-10-20-45(44)39-28-32-43(33-29-39)53(49-23-13-25-51-52(49)47-22-11-12-24-50(47)54-51)42-30-26-36(27-31-42)41-34-40-18-7-8-21-46(40)48(35-41)38-16-5-2-6-17-38/h1-35H. The number of hydrogen-bond donors (Lipinski definition) is 0. The van der Waals surface area contributed by atoms with Crippen LogP contribution in [0, 0.1) is 0 Å². The quantitative estimate of drug-likeness (QED) is 0.160. The van der Waals surface area contributed by atoms with Crippen molar-refractivity contribution in [3.8, 4) is 44.5 Å². The zero-order valence-corrected chi connectivity index (χ0v) is 30.4. The van der Waals surface area contributed by atoms with Crippen LogP contribution >= 0.6 is 11.3 Å². The maximum Gasteiger partial charge on any atom is 0.0554 e. The zero-order valence-electron chi connectivity index (χ0n) is 29.6. The van der Waals surface area contributed by atoms with Gasteiger partial charge in [-0.15, -0.1) is 11.3 Å². The molecular formula is C52H35NS. The first-order chi connectivity index (χ1) is 26.8. The van der Waals surface area contributed by atoms with E-state index in [1.165, 1.54) is 81.1 Å². The summed E-state index contributed by atoms with van der Waals surface area (Å²) in [5, 5.41) is 5.07. The maximum atomic E-state index is 2.42. The van der Waals surface area contributed by atoms with E-state index in [1.54, 1.807) is 0 Å². The molecule has 0 atom stereocenters. The largest absolute Gasteiger partial charge is 0.310 e. The number of anilines is 3. The minimum absolute atomic E-state index is 1.11. The Morgan fingerprint density at radius 2 is 0.833 bits per heavy atom. The van der Waals surface area contributed by atoms with E-state index in [0.29, 0.717) is 0 Å². The third kappa shape index (κ3) is 5.74. The summed E-state index contributed by atoms with van der Waals surface area (Å²) < 4.78 is 2.59. The Bertz CT molecular complexity index is 2910. The van der Waals surface area contributed by atoms with Crippen molar-refractivity contribution in [2.45, 2.75) is 0 Å². The fourth-order valence-corrected chi connectivity index (χ4v) is 9.03. The highest BCUT2D eigenvalue weighted by atomic mass is 32.1. The van der Waals surface area contributed by atoms with Gasteiger partial charge in [0.2, 0.25) is 0 Å². The average Bonchev–Trinajstić information content (AvgIpc) is 3.64. The molecule has 10 aromatic rings. The van der Waals surface area contributed by atoms with Crippen molar-refractivity contribution >= 4 is 59.3 Å². The fourth-order valence-electron chi connectivity index (χ4n) is 7.90. The lowest BCUT2D eigenvalue weighted by atomic mass is 9.93. The third-order valence-corrected chi connectivity index (χ3v) is 11.6. The molecule has 0 radical (unpaired) electrons. The van der Waals surface area contributed by atoms with Crippen LogP contribution in [0.3, 0.4) is 0 Å². The van der Waals surface area contributed by atoms with Gasteiger partial charge in [0.15, 0.2) is 0 Å². The second kappa shape index (κ2) is 13.7. The first-order valence-electron chi connectivity index (χ1n) is 18.4. The van der Waals surface area contributed by atoms with Gasteiger partial charge in [0.25, 0.3) is 0 Å². The van der Waals surface area contributed by atoms with Crippen molar-refractivity contribution in [2.75, 3.05) is 4.90 Å². The lowest BCUT2D eigenvalue weighted by Gasteiger charge is -2.27. The second-order valence-corrected chi connectivity index (χ2v) is 14.8. The number of benzene rings is 9. The molecular weight excluding hydrogens is 671 g/mol. The molecule has 0 amide bonds. The Morgan fingerprint density at radius 3 is 1.52 bits per heavy atom. The predicted molar refractivity (Wildman–Crippen MR) is 233 cm³/mol. The van der Waals surface area contributed by atoms with Gasteiger partial charge in [-0.2, -0.15) is 0 Å². The lowest BCUT2D eigenvalue weighted by molar-refractivity contribution is 1.30. The van der Waals surface area contributed by atoms with Crippen molar-refractivity contribution < 1.29 is 0 Å². The Hall–Kier alpha value is -6.74. The number of nitrogens with zero attached hydrogens (tertiary/aromatic N) is 1. The van der Waals surface area contributed by atoms with E-state index in [1.807, 2.05) is 11.3 Å². The molecule has 1 nitrogen and oxygen atoms in total. The zero-order chi connectivity index (χ0) is 35.8. The van der Waals surface area contributed by atoms with Gasteiger partial charge >= 0.3 is 0 Å². The summed E-state index contributed by atoms with van der Waals surface area (Å²) in [6.07, 6.45) is 0. The summed E-state index contributed by atoms with van der Waals surface area (Å²) in [7, 11) is 0. The highest BCUT2D eigenvalue weighted by Crippen LogP contribution is 2.46. The summed E-state index contributed by atoms with van der Waals surface area (Å²) in [6, 6.07) is 77.1. The topological polar surface area (TPSA) is 3.24 Å². The molecule has 0 unspecified atom stereocenters. The summed E-state index contributed by atoms with van der Waals surface area (Å²) >= 11 is 1.86. The highest BCUT2D eigenvalue weighted by Gasteiger charge is 2.19. The first kappa shape index (κ1) is 32.0. The van der Waals surface area contributed by atoms with Crippen LogP contribution in [-0.2, 0) is 0 Å². The fraction of sp³-hybridized carbons (Fsp3) is 0. The summed E-state index contributed by atoms with van der Waals surface area (Å²) in [5.74, 6) is 0. The molecule has 54 heavy (non-hydrogen) atoms. The molecule has 0 fully saturated rings. The van der Waals surface area contributed by atoms with Crippen LogP contribution < -0.4 is 4.90 Å².